The van der Waals surface area contributed by atoms with Crippen molar-refractivity contribution in [2.24, 2.45) is 5.92 Å². The summed E-state index contributed by atoms with van der Waals surface area (Å²) in [6, 6.07) is 1.97. The van der Waals surface area contributed by atoms with Crippen molar-refractivity contribution in [1.82, 2.24) is 0 Å². The standard InChI is InChI=1S/C11H15N/c1-5-11(9(2)3)7-6-10(4)8-12/h5-7,9H,4H2,1-3H3/b7-6-,11-5+. The van der Waals surface area contributed by atoms with E-state index in [1.54, 1.807) is 6.08 Å². The lowest BCUT2D eigenvalue weighted by Crippen LogP contribution is -1.89. The SMILES string of the molecule is C=C(C#N)/C=C\C(=C/C)C(C)C. The molecule has 1 nitrogen and oxygen atoms in total. The largest absolute Gasteiger partial charge is 0.192 e. The molecule has 0 atom stereocenters. The summed E-state index contributed by atoms with van der Waals surface area (Å²) in [6.07, 6.45) is 5.73. The van der Waals surface area contributed by atoms with Crippen LogP contribution in [0, 0.1) is 17.2 Å². The monoisotopic (exact) mass is 161 g/mol. The molecule has 0 amide bonds. The van der Waals surface area contributed by atoms with E-state index in [1.807, 2.05) is 25.1 Å². The molecule has 0 aliphatic heterocycles. The number of hydrogen-bond acceptors (Lipinski definition) is 1. The van der Waals surface area contributed by atoms with Crippen molar-refractivity contribution in [3.05, 3.63) is 36.0 Å². The van der Waals surface area contributed by atoms with E-state index in [-0.39, 0.29) is 0 Å². The molecule has 0 spiro atoms. The summed E-state index contributed by atoms with van der Waals surface area (Å²) in [5, 5.41) is 8.44. The predicted molar refractivity (Wildman–Crippen MR) is 52.5 cm³/mol. The van der Waals surface area contributed by atoms with Gasteiger partial charge in [-0.05, 0) is 24.5 Å². The molecule has 0 aliphatic carbocycles. The van der Waals surface area contributed by atoms with Crippen molar-refractivity contribution in [3.8, 4) is 6.07 Å². The summed E-state index contributed by atoms with van der Waals surface area (Å²) >= 11 is 0. The Bertz CT molecular complexity index is 249. The van der Waals surface area contributed by atoms with Gasteiger partial charge in [-0.15, -0.1) is 0 Å². The average molecular weight is 161 g/mol. The zero-order chi connectivity index (χ0) is 9.56. The highest BCUT2D eigenvalue weighted by atomic mass is 14.2. The van der Waals surface area contributed by atoms with Gasteiger partial charge >= 0.3 is 0 Å². The number of allylic oxidation sites excluding steroid dienone is 5. The van der Waals surface area contributed by atoms with Crippen molar-refractivity contribution in [1.29, 1.82) is 5.26 Å². The number of hydrogen-bond donors (Lipinski definition) is 0. The fraction of sp³-hybridized carbons (Fsp3) is 0.364. The smallest absolute Gasteiger partial charge is 0.0985 e. The summed E-state index contributed by atoms with van der Waals surface area (Å²) in [6.45, 7) is 9.80. The molecule has 0 aromatic rings. The maximum Gasteiger partial charge on any atom is 0.0985 e. The van der Waals surface area contributed by atoms with Gasteiger partial charge in [0, 0.05) is 5.57 Å². The predicted octanol–water partition coefficient (Wildman–Crippen LogP) is 3.22. The van der Waals surface area contributed by atoms with Crippen LogP contribution >= 0.6 is 0 Å². The van der Waals surface area contributed by atoms with Gasteiger partial charge in [0.1, 0.15) is 0 Å². The minimum absolute atomic E-state index is 0.495. The molecule has 1 heteroatoms. The van der Waals surface area contributed by atoms with Gasteiger partial charge in [-0.2, -0.15) is 5.26 Å². The van der Waals surface area contributed by atoms with E-state index in [9.17, 15) is 0 Å². The van der Waals surface area contributed by atoms with Crippen LogP contribution in [0.4, 0.5) is 0 Å². The first-order valence-corrected chi connectivity index (χ1v) is 4.05. The lowest BCUT2D eigenvalue weighted by Gasteiger charge is -2.03. The van der Waals surface area contributed by atoms with Gasteiger partial charge in [0.25, 0.3) is 0 Å². The Morgan fingerprint density at radius 2 is 2.00 bits per heavy atom. The number of nitrogens with zero attached hydrogens (tertiary/aromatic N) is 1. The highest BCUT2D eigenvalue weighted by molar-refractivity contribution is 5.34. The molecule has 0 heterocycles. The summed E-state index contributed by atoms with van der Waals surface area (Å²) in [5.41, 5.74) is 1.72. The van der Waals surface area contributed by atoms with Gasteiger partial charge in [0.05, 0.1) is 6.07 Å². The van der Waals surface area contributed by atoms with E-state index < -0.39 is 0 Å². The first-order chi connectivity index (χ1) is 5.61. The summed E-state index contributed by atoms with van der Waals surface area (Å²) in [7, 11) is 0. The number of rotatable bonds is 3. The molecule has 0 radical (unpaired) electrons. The van der Waals surface area contributed by atoms with Crippen LogP contribution in [0.5, 0.6) is 0 Å². The Labute approximate surface area is 74.7 Å². The molecular weight excluding hydrogens is 146 g/mol. The van der Waals surface area contributed by atoms with Crippen LogP contribution in [-0.4, -0.2) is 0 Å². The van der Waals surface area contributed by atoms with Crippen LogP contribution < -0.4 is 0 Å². The zero-order valence-electron chi connectivity index (χ0n) is 7.96. The van der Waals surface area contributed by atoms with Gasteiger partial charge in [0.15, 0.2) is 0 Å². The topological polar surface area (TPSA) is 23.8 Å². The minimum atomic E-state index is 0.495. The third kappa shape index (κ3) is 3.78. The molecule has 0 fully saturated rings. The van der Waals surface area contributed by atoms with Crippen LogP contribution in [0.1, 0.15) is 20.8 Å². The van der Waals surface area contributed by atoms with E-state index in [1.165, 1.54) is 5.57 Å². The van der Waals surface area contributed by atoms with E-state index in [0.717, 1.165) is 0 Å². The van der Waals surface area contributed by atoms with Crippen LogP contribution in [0.2, 0.25) is 0 Å². The fourth-order valence-corrected chi connectivity index (χ4v) is 0.856. The van der Waals surface area contributed by atoms with Crippen LogP contribution in [0.15, 0.2) is 36.0 Å². The molecular formula is C11H15N. The summed E-state index contributed by atoms with van der Waals surface area (Å²) < 4.78 is 0. The molecule has 0 rings (SSSR count). The van der Waals surface area contributed by atoms with Crippen LogP contribution in [0.3, 0.4) is 0 Å². The first kappa shape index (κ1) is 10.7. The molecule has 0 aliphatic rings. The van der Waals surface area contributed by atoms with E-state index in [4.69, 9.17) is 5.26 Å². The Balaban J connectivity index is 4.35. The van der Waals surface area contributed by atoms with Crippen molar-refractivity contribution >= 4 is 0 Å². The molecule has 0 aromatic carbocycles. The summed E-state index contributed by atoms with van der Waals surface area (Å²) in [5.74, 6) is 0.498. The third-order valence-electron chi connectivity index (χ3n) is 1.62. The highest BCUT2D eigenvalue weighted by Crippen LogP contribution is 2.11. The van der Waals surface area contributed by atoms with Gasteiger partial charge in [-0.1, -0.05) is 32.6 Å². The van der Waals surface area contributed by atoms with E-state index in [0.29, 0.717) is 11.5 Å². The zero-order valence-corrected chi connectivity index (χ0v) is 7.96. The lowest BCUT2D eigenvalue weighted by atomic mass is 10.0. The lowest BCUT2D eigenvalue weighted by molar-refractivity contribution is 0.789. The molecule has 0 N–H and O–H groups in total. The second-order valence-electron chi connectivity index (χ2n) is 2.91. The van der Waals surface area contributed by atoms with Gasteiger partial charge in [-0.25, -0.2) is 0 Å². The Hall–Kier alpha value is -1.29. The third-order valence-corrected chi connectivity index (χ3v) is 1.62. The molecule has 0 bridgehead atoms. The van der Waals surface area contributed by atoms with Crippen LogP contribution in [-0.2, 0) is 0 Å². The average Bonchev–Trinajstić information content (AvgIpc) is 2.04. The molecule has 0 aromatic heterocycles. The molecule has 12 heavy (non-hydrogen) atoms. The van der Waals surface area contributed by atoms with Gasteiger partial charge in [0.2, 0.25) is 0 Å². The van der Waals surface area contributed by atoms with Crippen LogP contribution in [0.25, 0.3) is 0 Å². The molecule has 0 saturated carbocycles. The van der Waals surface area contributed by atoms with E-state index >= 15 is 0 Å². The van der Waals surface area contributed by atoms with Crippen molar-refractivity contribution in [2.45, 2.75) is 20.8 Å². The quantitative estimate of drug-likeness (QED) is 0.460. The molecule has 0 unspecified atom stereocenters. The Morgan fingerprint density at radius 3 is 2.33 bits per heavy atom. The maximum atomic E-state index is 8.44. The Morgan fingerprint density at radius 1 is 1.42 bits per heavy atom. The van der Waals surface area contributed by atoms with Crippen molar-refractivity contribution in [3.63, 3.8) is 0 Å². The number of nitriles is 1. The normalized spacial score (nSPS) is 12.1. The van der Waals surface area contributed by atoms with Crippen molar-refractivity contribution < 1.29 is 0 Å². The highest BCUT2D eigenvalue weighted by Gasteiger charge is 1.96. The second-order valence-corrected chi connectivity index (χ2v) is 2.91. The van der Waals surface area contributed by atoms with Crippen molar-refractivity contribution in [2.75, 3.05) is 0 Å². The summed E-state index contributed by atoms with van der Waals surface area (Å²) in [4.78, 5) is 0. The van der Waals surface area contributed by atoms with Gasteiger partial charge < -0.3 is 0 Å². The Kier molecular flexibility index (Phi) is 4.79. The molecule has 64 valence electrons. The van der Waals surface area contributed by atoms with E-state index in [2.05, 4.69) is 20.4 Å². The second kappa shape index (κ2) is 5.37. The minimum Gasteiger partial charge on any atom is -0.192 e. The fourth-order valence-electron chi connectivity index (χ4n) is 0.856. The molecule has 0 saturated heterocycles. The first-order valence-electron chi connectivity index (χ1n) is 4.05. The maximum absolute atomic E-state index is 8.44. The van der Waals surface area contributed by atoms with Gasteiger partial charge in [-0.3, -0.25) is 0 Å².